The van der Waals surface area contributed by atoms with Crippen molar-refractivity contribution in [2.45, 2.75) is 6.54 Å². The molecular formula is C21H17BrN2O3. The number of methoxy groups -OCH3 is 1. The Morgan fingerprint density at radius 1 is 1.00 bits per heavy atom. The number of hydrogen-bond donors (Lipinski definition) is 1. The summed E-state index contributed by atoms with van der Waals surface area (Å²) >= 11 is 3.35. The number of hydrogen-bond acceptors (Lipinski definition) is 4. The molecule has 0 unspecified atom stereocenters. The molecule has 0 fully saturated rings. The van der Waals surface area contributed by atoms with Crippen LogP contribution < -0.4 is 10.1 Å². The lowest BCUT2D eigenvalue weighted by Gasteiger charge is -2.10. The van der Waals surface area contributed by atoms with Gasteiger partial charge in [0.05, 0.1) is 12.7 Å². The van der Waals surface area contributed by atoms with Crippen LogP contribution in [-0.2, 0) is 6.54 Å². The van der Waals surface area contributed by atoms with Crippen molar-refractivity contribution in [3.05, 3.63) is 93.6 Å². The number of benzene rings is 2. The van der Waals surface area contributed by atoms with Crippen LogP contribution in [0.25, 0.3) is 0 Å². The summed E-state index contributed by atoms with van der Waals surface area (Å²) in [5.74, 6) is 0.00163. The average molecular weight is 425 g/mol. The summed E-state index contributed by atoms with van der Waals surface area (Å²) in [6.45, 7) is 0.302. The molecule has 1 amide bonds. The minimum atomic E-state index is -0.313. The third kappa shape index (κ3) is 4.60. The average Bonchev–Trinajstić information content (AvgIpc) is 2.72. The Bertz CT molecular complexity index is 954. The normalized spacial score (nSPS) is 10.3. The Morgan fingerprint density at radius 3 is 2.33 bits per heavy atom. The zero-order valence-corrected chi connectivity index (χ0v) is 16.2. The second kappa shape index (κ2) is 8.60. The largest absolute Gasteiger partial charge is 0.481 e. The summed E-state index contributed by atoms with van der Waals surface area (Å²) in [5, 5.41) is 2.83. The van der Waals surface area contributed by atoms with E-state index in [-0.39, 0.29) is 11.7 Å². The van der Waals surface area contributed by atoms with E-state index in [1.807, 2.05) is 6.07 Å². The molecule has 0 aliphatic rings. The van der Waals surface area contributed by atoms with Gasteiger partial charge in [0.1, 0.15) is 0 Å². The first-order chi connectivity index (χ1) is 13.1. The van der Waals surface area contributed by atoms with Crippen molar-refractivity contribution < 1.29 is 14.3 Å². The van der Waals surface area contributed by atoms with E-state index in [0.29, 0.717) is 29.1 Å². The second-order valence-electron chi connectivity index (χ2n) is 5.77. The fraction of sp³-hybridized carbons (Fsp3) is 0.0952. The second-order valence-corrected chi connectivity index (χ2v) is 6.69. The quantitative estimate of drug-likeness (QED) is 0.606. The number of pyridine rings is 1. The lowest BCUT2D eigenvalue weighted by molar-refractivity contribution is 0.0939. The Kier molecular flexibility index (Phi) is 5.98. The summed E-state index contributed by atoms with van der Waals surface area (Å²) in [7, 11) is 1.54. The molecule has 5 nitrogen and oxygen atoms in total. The molecule has 1 N–H and O–H groups in total. The van der Waals surface area contributed by atoms with E-state index in [1.165, 1.54) is 0 Å². The summed E-state index contributed by atoms with van der Waals surface area (Å²) in [6.07, 6.45) is 1.64. The van der Waals surface area contributed by atoms with Crippen molar-refractivity contribution in [2.24, 2.45) is 0 Å². The molecular weight excluding hydrogens is 408 g/mol. The van der Waals surface area contributed by atoms with Gasteiger partial charge in [-0.1, -0.05) is 40.2 Å². The van der Waals surface area contributed by atoms with Gasteiger partial charge in [0.15, 0.2) is 5.78 Å². The molecule has 2 aromatic carbocycles. The molecule has 0 saturated heterocycles. The number of rotatable bonds is 6. The van der Waals surface area contributed by atoms with Crippen LogP contribution in [-0.4, -0.2) is 23.8 Å². The summed E-state index contributed by atoms with van der Waals surface area (Å²) in [6, 6.07) is 17.4. The summed E-state index contributed by atoms with van der Waals surface area (Å²) in [4.78, 5) is 29.6. The van der Waals surface area contributed by atoms with E-state index in [1.54, 1.807) is 67.9 Å². The highest BCUT2D eigenvalue weighted by molar-refractivity contribution is 9.10. The number of carbonyl (C=O) groups excluding carboxylic acids is 2. The number of nitrogens with zero attached hydrogens (tertiary/aromatic N) is 1. The Hall–Kier alpha value is -2.99. The molecule has 0 bridgehead atoms. The fourth-order valence-electron chi connectivity index (χ4n) is 2.55. The van der Waals surface area contributed by atoms with Gasteiger partial charge in [-0.3, -0.25) is 9.59 Å². The smallest absolute Gasteiger partial charge is 0.252 e. The molecule has 0 aliphatic carbocycles. The van der Waals surface area contributed by atoms with Gasteiger partial charge >= 0.3 is 0 Å². The van der Waals surface area contributed by atoms with Crippen molar-refractivity contribution in [3.8, 4) is 5.88 Å². The molecule has 3 rings (SSSR count). The van der Waals surface area contributed by atoms with Crippen LogP contribution in [0.1, 0.15) is 31.8 Å². The van der Waals surface area contributed by atoms with E-state index in [4.69, 9.17) is 4.74 Å². The van der Waals surface area contributed by atoms with Crippen LogP contribution >= 0.6 is 15.9 Å². The lowest BCUT2D eigenvalue weighted by Crippen LogP contribution is -2.25. The SMILES string of the molecule is COc1ccc(CNC(=O)c2ccccc2C(=O)c2ccc(Br)cc2)cn1. The highest BCUT2D eigenvalue weighted by atomic mass is 79.9. The minimum absolute atomic E-state index is 0.195. The lowest BCUT2D eigenvalue weighted by atomic mass is 9.98. The van der Waals surface area contributed by atoms with Crippen LogP contribution in [0.5, 0.6) is 5.88 Å². The maximum absolute atomic E-state index is 12.8. The third-order valence-electron chi connectivity index (χ3n) is 3.98. The van der Waals surface area contributed by atoms with Gasteiger partial charge in [-0.25, -0.2) is 4.98 Å². The number of ether oxygens (including phenoxy) is 1. The molecule has 1 aromatic heterocycles. The molecule has 0 saturated carbocycles. The van der Waals surface area contributed by atoms with Gasteiger partial charge in [0, 0.05) is 34.4 Å². The first-order valence-electron chi connectivity index (χ1n) is 8.25. The molecule has 6 heteroatoms. The number of aromatic nitrogens is 1. The number of halogens is 1. The number of amides is 1. The summed E-state index contributed by atoms with van der Waals surface area (Å²) < 4.78 is 5.90. The zero-order chi connectivity index (χ0) is 19.2. The molecule has 136 valence electrons. The molecule has 27 heavy (non-hydrogen) atoms. The van der Waals surface area contributed by atoms with Crippen molar-refractivity contribution in [2.75, 3.05) is 7.11 Å². The summed E-state index contributed by atoms with van der Waals surface area (Å²) in [5.41, 5.74) is 2.07. The van der Waals surface area contributed by atoms with Gasteiger partial charge in [-0.15, -0.1) is 0 Å². The topological polar surface area (TPSA) is 68.3 Å². The van der Waals surface area contributed by atoms with Crippen molar-refractivity contribution in [3.63, 3.8) is 0 Å². The van der Waals surface area contributed by atoms with Crippen LogP contribution in [0.3, 0.4) is 0 Å². The van der Waals surface area contributed by atoms with Crippen LogP contribution in [0, 0.1) is 0 Å². The number of ketones is 1. The minimum Gasteiger partial charge on any atom is -0.481 e. The molecule has 3 aromatic rings. The molecule has 0 radical (unpaired) electrons. The van der Waals surface area contributed by atoms with Crippen molar-refractivity contribution in [1.82, 2.24) is 10.3 Å². The zero-order valence-electron chi connectivity index (χ0n) is 14.6. The van der Waals surface area contributed by atoms with E-state index >= 15 is 0 Å². The Balaban J connectivity index is 1.76. The van der Waals surface area contributed by atoms with Crippen LogP contribution in [0.15, 0.2) is 71.3 Å². The van der Waals surface area contributed by atoms with Gasteiger partial charge in [0.25, 0.3) is 5.91 Å². The van der Waals surface area contributed by atoms with E-state index in [9.17, 15) is 9.59 Å². The van der Waals surface area contributed by atoms with Crippen LogP contribution in [0.4, 0.5) is 0 Å². The highest BCUT2D eigenvalue weighted by Crippen LogP contribution is 2.17. The maximum Gasteiger partial charge on any atom is 0.252 e. The monoisotopic (exact) mass is 424 g/mol. The molecule has 0 spiro atoms. The molecule has 0 aliphatic heterocycles. The fourth-order valence-corrected chi connectivity index (χ4v) is 2.81. The maximum atomic E-state index is 12.8. The third-order valence-corrected chi connectivity index (χ3v) is 4.51. The molecule has 1 heterocycles. The number of carbonyl (C=O) groups is 2. The predicted molar refractivity (Wildman–Crippen MR) is 106 cm³/mol. The van der Waals surface area contributed by atoms with Crippen molar-refractivity contribution in [1.29, 1.82) is 0 Å². The Labute approximate surface area is 165 Å². The first kappa shape index (κ1) is 18.8. The predicted octanol–water partition coefficient (Wildman–Crippen LogP) is 4.01. The molecule has 0 atom stereocenters. The van der Waals surface area contributed by atoms with Gasteiger partial charge in [-0.05, 0) is 35.9 Å². The van der Waals surface area contributed by atoms with Gasteiger partial charge < -0.3 is 10.1 Å². The highest BCUT2D eigenvalue weighted by Gasteiger charge is 2.17. The van der Waals surface area contributed by atoms with Crippen LogP contribution in [0.2, 0.25) is 0 Å². The van der Waals surface area contributed by atoms with E-state index in [0.717, 1.165) is 10.0 Å². The standard InChI is InChI=1S/C21H17BrN2O3/c1-27-19-11-6-14(12-23-19)13-24-21(26)18-5-3-2-4-17(18)20(25)15-7-9-16(22)10-8-15/h2-12H,13H2,1H3,(H,24,26). The van der Waals surface area contributed by atoms with Crippen molar-refractivity contribution >= 4 is 27.6 Å². The Morgan fingerprint density at radius 2 is 1.70 bits per heavy atom. The van der Waals surface area contributed by atoms with Gasteiger partial charge in [0.2, 0.25) is 5.88 Å². The van der Waals surface area contributed by atoms with E-state index < -0.39 is 0 Å². The van der Waals surface area contributed by atoms with Gasteiger partial charge in [-0.2, -0.15) is 0 Å². The van der Waals surface area contributed by atoms with E-state index in [2.05, 4.69) is 26.2 Å². The first-order valence-corrected chi connectivity index (χ1v) is 9.04. The number of nitrogens with one attached hydrogen (secondary N) is 1.